The van der Waals surface area contributed by atoms with Crippen molar-refractivity contribution < 1.29 is 22.7 Å². The fourth-order valence-corrected chi connectivity index (χ4v) is 1.74. The normalized spacial score (nSPS) is 26.3. The lowest BCUT2D eigenvalue weighted by Crippen LogP contribution is -2.51. The highest BCUT2D eigenvalue weighted by Gasteiger charge is 2.52. The first kappa shape index (κ1) is 11.7. The Kier molecular flexibility index (Phi) is 2.50. The van der Waals surface area contributed by atoms with Crippen molar-refractivity contribution in [1.82, 2.24) is 5.43 Å². The molecule has 0 saturated carbocycles. The van der Waals surface area contributed by atoms with Gasteiger partial charge in [0.2, 0.25) is 5.60 Å². The van der Waals surface area contributed by atoms with Gasteiger partial charge >= 0.3 is 0 Å². The van der Waals surface area contributed by atoms with Crippen LogP contribution in [0.5, 0.6) is 5.75 Å². The first-order valence-corrected chi connectivity index (χ1v) is 4.73. The summed E-state index contributed by atoms with van der Waals surface area (Å²) in [4.78, 5) is 11.4. The number of nitrogens with two attached hydrogens (primary N) is 1. The number of fused-ring (bicyclic) bond motifs is 1. The number of benzene rings is 1. The summed E-state index contributed by atoms with van der Waals surface area (Å²) in [7, 11) is 0. The summed E-state index contributed by atoms with van der Waals surface area (Å²) in [6.07, 6.45) is -1.99. The Labute approximate surface area is 94.5 Å². The number of ether oxygens (including phenoxy) is 1. The van der Waals surface area contributed by atoms with Crippen molar-refractivity contribution in [3.05, 3.63) is 29.3 Å². The van der Waals surface area contributed by atoms with E-state index in [-0.39, 0.29) is 5.56 Å². The van der Waals surface area contributed by atoms with E-state index in [0.717, 1.165) is 13.0 Å². The molecule has 1 amide bonds. The standard InChI is InChI=1S/C10H9F3N2O2/c1-10(9(16)15-14)8(13)5-2-4(11)3-6(12)7(5)17-10/h2-3,8H,14H2,1H3,(H,15,16). The Balaban J connectivity index is 2.52. The molecular weight excluding hydrogens is 237 g/mol. The van der Waals surface area contributed by atoms with E-state index in [2.05, 4.69) is 0 Å². The van der Waals surface area contributed by atoms with E-state index < -0.39 is 35.1 Å². The molecule has 0 spiro atoms. The molecule has 1 aromatic carbocycles. The van der Waals surface area contributed by atoms with Gasteiger partial charge in [0.25, 0.3) is 5.91 Å². The molecule has 3 N–H and O–H groups in total. The lowest BCUT2D eigenvalue weighted by molar-refractivity contribution is -0.139. The van der Waals surface area contributed by atoms with Crippen molar-refractivity contribution in [2.24, 2.45) is 5.84 Å². The van der Waals surface area contributed by atoms with Crippen LogP contribution in [-0.2, 0) is 4.79 Å². The van der Waals surface area contributed by atoms with Crippen molar-refractivity contribution in [1.29, 1.82) is 0 Å². The third kappa shape index (κ3) is 1.54. The van der Waals surface area contributed by atoms with Crippen LogP contribution in [0.2, 0.25) is 0 Å². The van der Waals surface area contributed by atoms with Gasteiger partial charge in [-0.2, -0.15) is 0 Å². The molecule has 1 aliphatic rings. The van der Waals surface area contributed by atoms with E-state index in [1.807, 2.05) is 0 Å². The van der Waals surface area contributed by atoms with Gasteiger partial charge in [0.05, 0.1) is 0 Å². The third-order valence-corrected chi connectivity index (χ3v) is 2.69. The Morgan fingerprint density at radius 1 is 1.53 bits per heavy atom. The first-order chi connectivity index (χ1) is 7.90. The maximum Gasteiger partial charge on any atom is 0.281 e. The summed E-state index contributed by atoms with van der Waals surface area (Å²) < 4.78 is 45.2. The summed E-state index contributed by atoms with van der Waals surface area (Å²) >= 11 is 0. The van der Waals surface area contributed by atoms with E-state index in [4.69, 9.17) is 10.6 Å². The van der Waals surface area contributed by atoms with E-state index in [9.17, 15) is 18.0 Å². The molecule has 2 rings (SSSR count). The lowest BCUT2D eigenvalue weighted by Gasteiger charge is -2.23. The lowest BCUT2D eigenvalue weighted by atomic mass is 9.96. The molecule has 0 saturated heterocycles. The largest absolute Gasteiger partial charge is 0.471 e. The highest BCUT2D eigenvalue weighted by molar-refractivity contribution is 5.86. The molecule has 0 fully saturated rings. The molecule has 0 aliphatic carbocycles. The van der Waals surface area contributed by atoms with Crippen LogP contribution in [0.25, 0.3) is 0 Å². The maximum absolute atomic E-state index is 14.0. The summed E-state index contributed by atoms with van der Waals surface area (Å²) in [6, 6.07) is 1.34. The van der Waals surface area contributed by atoms with Gasteiger partial charge < -0.3 is 4.74 Å². The van der Waals surface area contributed by atoms with Crippen LogP contribution in [0, 0.1) is 11.6 Å². The number of halogens is 3. The Morgan fingerprint density at radius 2 is 2.18 bits per heavy atom. The number of nitrogens with one attached hydrogen (secondary N) is 1. The number of rotatable bonds is 1. The van der Waals surface area contributed by atoms with Gasteiger partial charge in [-0.3, -0.25) is 10.2 Å². The number of hydrogen-bond acceptors (Lipinski definition) is 3. The average molecular weight is 246 g/mol. The van der Waals surface area contributed by atoms with Gasteiger partial charge in [-0.25, -0.2) is 19.0 Å². The van der Waals surface area contributed by atoms with Crippen molar-refractivity contribution in [3.63, 3.8) is 0 Å². The molecule has 2 atom stereocenters. The second-order valence-electron chi connectivity index (χ2n) is 3.85. The second kappa shape index (κ2) is 3.63. The van der Waals surface area contributed by atoms with Crippen LogP contribution >= 0.6 is 0 Å². The Morgan fingerprint density at radius 3 is 2.76 bits per heavy atom. The van der Waals surface area contributed by atoms with Crippen LogP contribution in [0.1, 0.15) is 18.7 Å². The molecular formula is C10H9F3N2O2. The topological polar surface area (TPSA) is 64.4 Å². The van der Waals surface area contributed by atoms with Crippen LogP contribution in [-0.4, -0.2) is 11.5 Å². The molecule has 0 bridgehead atoms. The monoisotopic (exact) mass is 246 g/mol. The highest BCUT2D eigenvalue weighted by Crippen LogP contribution is 2.47. The number of amides is 1. The molecule has 0 radical (unpaired) electrons. The number of hydrazine groups is 1. The quantitative estimate of drug-likeness (QED) is 0.443. The molecule has 2 unspecified atom stereocenters. The minimum Gasteiger partial charge on any atom is -0.471 e. The zero-order chi connectivity index (χ0) is 12.8. The smallest absolute Gasteiger partial charge is 0.281 e. The van der Waals surface area contributed by atoms with Crippen LogP contribution in [0.4, 0.5) is 13.2 Å². The van der Waals surface area contributed by atoms with E-state index in [1.165, 1.54) is 0 Å². The second-order valence-corrected chi connectivity index (χ2v) is 3.85. The van der Waals surface area contributed by atoms with Gasteiger partial charge in [-0.1, -0.05) is 0 Å². The van der Waals surface area contributed by atoms with Gasteiger partial charge in [-0.05, 0) is 13.0 Å². The van der Waals surface area contributed by atoms with E-state index in [0.29, 0.717) is 6.07 Å². The number of alkyl halides is 1. The van der Waals surface area contributed by atoms with Crippen molar-refractivity contribution in [2.45, 2.75) is 18.7 Å². The van der Waals surface area contributed by atoms with E-state index >= 15 is 0 Å². The Hall–Kier alpha value is -1.76. The van der Waals surface area contributed by atoms with Crippen LogP contribution in [0.3, 0.4) is 0 Å². The predicted molar refractivity (Wildman–Crippen MR) is 51.6 cm³/mol. The molecule has 92 valence electrons. The average Bonchev–Trinajstić information content (AvgIpc) is 2.54. The van der Waals surface area contributed by atoms with Gasteiger partial charge in [0.1, 0.15) is 5.82 Å². The van der Waals surface area contributed by atoms with Crippen molar-refractivity contribution in [2.75, 3.05) is 0 Å². The zero-order valence-electron chi connectivity index (χ0n) is 8.76. The first-order valence-electron chi connectivity index (χ1n) is 4.73. The predicted octanol–water partition coefficient (Wildman–Crippen LogP) is 1.12. The van der Waals surface area contributed by atoms with Gasteiger partial charge in [0, 0.05) is 11.6 Å². The molecule has 4 nitrogen and oxygen atoms in total. The highest BCUT2D eigenvalue weighted by atomic mass is 19.1. The summed E-state index contributed by atoms with van der Waals surface area (Å²) in [5.74, 6) is 1.46. The van der Waals surface area contributed by atoms with Gasteiger partial charge in [-0.15, -0.1) is 0 Å². The maximum atomic E-state index is 14.0. The fourth-order valence-electron chi connectivity index (χ4n) is 1.74. The fraction of sp³-hybridized carbons (Fsp3) is 0.300. The molecule has 1 aromatic rings. The van der Waals surface area contributed by atoms with Crippen LogP contribution in [0.15, 0.2) is 12.1 Å². The summed E-state index contributed by atoms with van der Waals surface area (Å²) in [6.45, 7) is 1.11. The molecule has 7 heteroatoms. The van der Waals surface area contributed by atoms with E-state index in [1.54, 1.807) is 5.43 Å². The molecule has 1 heterocycles. The summed E-state index contributed by atoms with van der Waals surface area (Å²) in [5.41, 5.74) is -0.607. The number of carbonyl (C=O) groups excluding carboxylic acids is 1. The van der Waals surface area contributed by atoms with Crippen molar-refractivity contribution >= 4 is 5.91 Å². The minimum atomic E-state index is -1.99. The molecule has 0 aromatic heterocycles. The zero-order valence-corrected chi connectivity index (χ0v) is 8.76. The number of hydrogen-bond donors (Lipinski definition) is 2. The summed E-state index contributed by atoms with van der Waals surface area (Å²) in [5, 5.41) is 0. The van der Waals surface area contributed by atoms with Gasteiger partial charge in [0.15, 0.2) is 17.7 Å². The van der Waals surface area contributed by atoms with Crippen molar-refractivity contribution in [3.8, 4) is 5.75 Å². The SMILES string of the molecule is CC1(C(=O)NN)Oc2c(F)cc(F)cc2C1F. The minimum absolute atomic E-state index is 0.339. The molecule has 17 heavy (non-hydrogen) atoms. The number of carbonyl (C=O) groups is 1. The third-order valence-electron chi connectivity index (χ3n) is 2.69. The molecule has 1 aliphatic heterocycles. The van der Waals surface area contributed by atoms with Crippen LogP contribution < -0.4 is 16.0 Å². The Bertz CT molecular complexity index is 495.